The van der Waals surface area contributed by atoms with E-state index in [0.29, 0.717) is 0 Å². The lowest BCUT2D eigenvalue weighted by Gasteiger charge is -2.16. The summed E-state index contributed by atoms with van der Waals surface area (Å²) >= 11 is 0. The zero-order chi connectivity index (χ0) is 13.5. The first-order valence-electron chi connectivity index (χ1n) is 7.41. The molecule has 1 nitrogen and oxygen atoms in total. The number of aryl methyl sites for hydroxylation is 1. The molecule has 2 aromatic rings. The molecule has 0 aromatic heterocycles. The smallest absolute Gasteiger partial charge is 0.108 e. The van der Waals surface area contributed by atoms with Gasteiger partial charge in [-0.25, -0.2) is 5.11 Å². The quantitative estimate of drug-likeness (QED) is 0.752. The Bertz CT molecular complexity index is 840. The van der Waals surface area contributed by atoms with Gasteiger partial charge in [0.1, 0.15) is 6.61 Å². The normalized spacial score (nSPS) is 16.2. The summed E-state index contributed by atoms with van der Waals surface area (Å²) in [5.41, 5.74) is 3.70. The molecule has 2 aromatic carbocycles. The van der Waals surface area contributed by atoms with Gasteiger partial charge in [0, 0.05) is 0 Å². The minimum Gasteiger partial charge on any atom is -0.232 e. The van der Waals surface area contributed by atoms with Crippen LogP contribution >= 0.6 is 0 Å². The molecule has 20 heavy (non-hydrogen) atoms. The molecule has 1 radical (unpaired) electrons. The molecular formula is C19H17O. The van der Waals surface area contributed by atoms with Gasteiger partial charge in [-0.05, 0) is 69.6 Å². The summed E-state index contributed by atoms with van der Waals surface area (Å²) in [5.74, 6) is 0. The second-order valence-electron chi connectivity index (χ2n) is 5.66. The molecule has 2 aliphatic rings. The second kappa shape index (κ2) is 4.60. The van der Waals surface area contributed by atoms with E-state index in [-0.39, 0.29) is 6.61 Å². The summed E-state index contributed by atoms with van der Waals surface area (Å²) < 4.78 is 0. The Morgan fingerprint density at radius 2 is 1.80 bits per heavy atom. The van der Waals surface area contributed by atoms with E-state index < -0.39 is 0 Å². The van der Waals surface area contributed by atoms with Crippen LogP contribution in [-0.4, -0.2) is 0 Å². The summed E-state index contributed by atoms with van der Waals surface area (Å²) in [5, 5.41) is 16.7. The van der Waals surface area contributed by atoms with Gasteiger partial charge in [-0.1, -0.05) is 36.4 Å². The van der Waals surface area contributed by atoms with Gasteiger partial charge in [-0.15, -0.1) is 0 Å². The van der Waals surface area contributed by atoms with Crippen LogP contribution in [0.2, 0.25) is 0 Å². The minimum absolute atomic E-state index is 0.123. The van der Waals surface area contributed by atoms with E-state index in [1.54, 1.807) is 0 Å². The standard InChI is InChI=1S/C19H17O/c20-12-14-11-19-15-6-2-1-5-13(15)9-10-18(19)17-8-4-3-7-16(14)17/h1,5,7-11H,2-4,6,12H2. The molecule has 0 atom stereocenters. The Hall–Kier alpha value is -1.86. The number of rotatable bonds is 1. The van der Waals surface area contributed by atoms with E-state index in [4.69, 9.17) is 0 Å². The third-order valence-corrected chi connectivity index (χ3v) is 4.52. The molecule has 0 spiro atoms. The zero-order valence-electron chi connectivity index (χ0n) is 11.5. The van der Waals surface area contributed by atoms with Crippen LogP contribution in [0.15, 0.2) is 24.3 Å². The third-order valence-electron chi connectivity index (χ3n) is 4.52. The summed E-state index contributed by atoms with van der Waals surface area (Å²) in [7, 11) is 0. The summed E-state index contributed by atoms with van der Waals surface area (Å²) in [6.07, 6.45) is 13.3. The predicted octanol–water partition coefficient (Wildman–Crippen LogP) is 3.08. The number of benzene rings is 2. The number of hydrogen-bond acceptors (Lipinski definition) is 0. The van der Waals surface area contributed by atoms with Crippen molar-refractivity contribution in [2.45, 2.75) is 32.3 Å². The molecule has 1 heteroatoms. The molecular weight excluding hydrogens is 244 g/mol. The van der Waals surface area contributed by atoms with Gasteiger partial charge < -0.3 is 0 Å². The molecule has 99 valence electrons. The molecule has 0 fully saturated rings. The van der Waals surface area contributed by atoms with E-state index >= 15 is 0 Å². The Morgan fingerprint density at radius 3 is 2.65 bits per heavy atom. The van der Waals surface area contributed by atoms with Gasteiger partial charge in [-0.2, -0.15) is 0 Å². The average Bonchev–Trinajstić information content (AvgIpc) is 2.53. The van der Waals surface area contributed by atoms with Crippen molar-refractivity contribution in [3.05, 3.63) is 51.4 Å². The molecule has 0 bridgehead atoms. The fourth-order valence-electron chi connectivity index (χ4n) is 3.56. The lowest BCUT2D eigenvalue weighted by Crippen LogP contribution is -2.31. The van der Waals surface area contributed by atoms with Gasteiger partial charge in [0.25, 0.3) is 0 Å². The van der Waals surface area contributed by atoms with Gasteiger partial charge in [0.05, 0.1) is 0 Å². The minimum atomic E-state index is -0.123. The van der Waals surface area contributed by atoms with E-state index in [2.05, 4.69) is 42.5 Å². The molecule has 0 unspecified atom stereocenters. The van der Waals surface area contributed by atoms with Crippen molar-refractivity contribution in [1.29, 1.82) is 0 Å². The summed E-state index contributed by atoms with van der Waals surface area (Å²) in [6, 6.07) is 6.61. The second-order valence-corrected chi connectivity index (χ2v) is 5.66. The van der Waals surface area contributed by atoms with Crippen molar-refractivity contribution in [3.8, 4) is 0 Å². The van der Waals surface area contributed by atoms with Crippen LogP contribution in [0.5, 0.6) is 0 Å². The van der Waals surface area contributed by atoms with E-state index in [1.165, 1.54) is 32.3 Å². The molecule has 0 saturated carbocycles. The molecule has 0 heterocycles. The Balaban J connectivity index is 2.20. The van der Waals surface area contributed by atoms with E-state index in [0.717, 1.165) is 31.2 Å². The predicted molar refractivity (Wildman–Crippen MR) is 83.1 cm³/mol. The van der Waals surface area contributed by atoms with E-state index in [1.807, 2.05) is 0 Å². The Labute approximate surface area is 118 Å². The largest absolute Gasteiger partial charge is 0.232 e. The van der Waals surface area contributed by atoms with Crippen molar-refractivity contribution in [1.82, 2.24) is 0 Å². The van der Waals surface area contributed by atoms with Gasteiger partial charge in [0.2, 0.25) is 0 Å². The number of fused-ring (bicyclic) bond motifs is 5. The van der Waals surface area contributed by atoms with E-state index in [9.17, 15) is 5.11 Å². The molecule has 0 N–H and O–H groups in total. The maximum atomic E-state index is 11.6. The van der Waals surface area contributed by atoms with Crippen LogP contribution in [0.1, 0.15) is 36.0 Å². The SMILES string of the molecule is [O]Cc1cc2c3c(ccc2c2c1=CCCC=2)C=CCC3. The number of hydrogen-bond donors (Lipinski definition) is 0. The van der Waals surface area contributed by atoms with Crippen LogP contribution < -0.4 is 10.4 Å². The topological polar surface area (TPSA) is 19.9 Å². The highest BCUT2D eigenvalue weighted by Gasteiger charge is 2.12. The van der Waals surface area contributed by atoms with Crippen molar-refractivity contribution in [3.63, 3.8) is 0 Å². The fourth-order valence-corrected chi connectivity index (χ4v) is 3.56. The Kier molecular flexibility index (Phi) is 2.75. The summed E-state index contributed by atoms with van der Waals surface area (Å²) in [4.78, 5) is 0. The maximum Gasteiger partial charge on any atom is 0.108 e. The first kappa shape index (κ1) is 11.9. The number of allylic oxidation sites excluding steroid dienone is 1. The van der Waals surface area contributed by atoms with Crippen molar-refractivity contribution < 1.29 is 5.11 Å². The Morgan fingerprint density at radius 1 is 0.950 bits per heavy atom. The third kappa shape index (κ3) is 1.66. The highest BCUT2D eigenvalue weighted by molar-refractivity contribution is 5.91. The highest BCUT2D eigenvalue weighted by atomic mass is 16.3. The molecule has 4 rings (SSSR count). The van der Waals surface area contributed by atoms with Crippen LogP contribution in [0.25, 0.3) is 29.0 Å². The molecule has 0 amide bonds. The molecule has 0 aliphatic heterocycles. The van der Waals surface area contributed by atoms with Crippen LogP contribution in [0.3, 0.4) is 0 Å². The van der Waals surface area contributed by atoms with Gasteiger partial charge in [-0.3, -0.25) is 0 Å². The highest BCUT2D eigenvalue weighted by Crippen LogP contribution is 2.27. The summed E-state index contributed by atoms with van der Waals surface area (Å²) in [6.45, 7) is -0.123. The van der Waals surface area contributed by atoms with Gasteiger partial charge >= 0.3 is 0 Å². The van der Waals surface area contributed by atoms with Crippen LogP contribution in [0, 0.1) is 0 Å². The molecule has 0 saturated heterocycles. The first-order chi connectivity index (χ1) is 9.88. The van der Waals surface area contributed by atoms with Crippen LogP contribution in [0.4, 0.5) is 0 Å². The first-order valence-corrected chi connectivity index (χ1v) is 7.41. The van der Waals surface area contributed by atoms with Crippen molar-refractivity contribution in [2.24, 2.45) is 0 Å². The average molecular weight is 261 g/mol. The fraction of sp³-hybridized carbons (Fsp3) is 0.263. The lowest BCUT2D eigenvalue weighted by molar-refractivity contribution is 0.177. The van der Waals surface area contributed by atoms with Crippen LogP contribution in [-0.2, 0) is 18.1 Å². The zero-order valence-corrected chi connectivity index (χ0v) is 11.5. The van der Waals surface area contributed by atoms with Crippen molar-refractivity contribution in [2.75, 3.05) is 0 Å². The van der Waals surface area contributed by atoms with Gasteiger partial charge in [0.15, 0.2) is 0 Å². The molecule has 2 aliphatic carbocycles. The maximum absolute atomic E-state index is 11.6. The van der Waals surface area contributed by atoms with Crippen molar-refractivity contribution >= 4 is 29.0 Å². The lowest BCUT2D eigenvalue weighted by atomic mass is 9.88. The monoisotopic (exact) mass is 261 g/mol.